The molecule has 0 aliphatic rings. The molecule has 23 heavy (non-hydrogen) atoms. The minimum absolute atomic E-state index is 0.0153. The van der Waals surface area contributed by atoms with E-state index in [1.165, 1.54) is 0 Å². The van der Waals surface area contributed by atoms with Crippen LogP contribution in [0.5, 0.6) is 0 Å². The Morgan fingerprint density at radius 2 is 1.74 bits per heavy atom. The van der Waals surface area contributed by atoms with E-state index in [2.05, 4.69) is 20.8 Å². The first-order valence-corrected chi connectivity index (χ1v) is 7.17. The molecule has 0 amide bonds. The van der Waals surface area contributed by atoms with Gasteiger partial charge in [0.15, 0.2) is 5.78 Å². The molecule has 0 bridgehead atoms. The predicted octanol–water partition coefficient (Wildman–Crippen LogP) is 2.94. The molecule has 1 aromatic carbocycles. The van der Waals surface area contributed by atoms with Crippen molar-refractivity contribution in [3.05, 3.63) is 74.2 Å². The lowest BCUT2D eigenvalue weighted by molar-refractivity contribution is -0.385. The van der Waals surface area contributed by atoms with E-state index in [0.717, 1.165) is 28.5 Å². The summed E-state index contributed by atoms with van der Waals surface area (Å²) in [7, 11) is 0. The number of Topliss-reactive ketones (excluding diaryl/α,β-unsaturated/α-hetero) is 1. The highest BCUT2D eigenvalue weighted by atomic mass is 16.6. The van der Waals surface area contributed by atoms with Crippen LogP contribution in [0.1, 0.15) is 36.7 Å². The molecule has 0 fully saturated rings. The number of hydrogen-bond donors (Lipinski definition) is 0. The highest BCUT2D eigenvalue weighted by Crippen LogP contribution is 2.22. The monoisotopic (exact) mass is 314 g/mol. The largest absolute Gasteiger partial charge is 0.301 e. The molecule has 1 heterocycles. The molecule has 2 rings (SSSR count). The molecular weight excluding hydrogens is 296 g/mol. The summed E-state index contributed by atoms with van der Waals surface area (Å²) < 4.78 is 1.05. The molecule has 0 radical (unpaired) electrons. The van der Waals surface area contributed by atoms with E-state index in [4.69, 9.17) is 0 Å². The quantitative estimate of drug-likeness (QED) is 0.493. The Hall–Kier alpha value is -2.76. The average Bonchev–Trinajstić information content (AvgIpc) is 2.48. The Balaban J connectivity index is 2.24. The number of nitrogens with zero attached hydrogens (tertiary/aromatic N) is 2. The fourth-order valence-corrected chi connectivity index (χ4v) is 2.15. The van der Waals surface area contributed by atoms with E-state index in [1.54, 1.807) is 12.1 Å². The Kier molecular flexibility index (Phi) is 4.45. The van der Waals surface area contributed by atoms with Gasteiger partial charge in [0.05, 0.1) is 17.7 Å². The van der Waals surface area contributed by atoms with Gasteiger partial charge >= 0.3 is 0 Å². The minimum atomic E-state index is -0.599. The highest BCUT2D eigenvalue weighted by Gasteiger charge is 2.15. The zero-order valence-corrected chi connectivity index (χ0v) is 13.3. The van der Waals surface area contributed by atoms with Crippen LogP contribution in [0, 0.1) is 10.1 Å². The Morgan fingerprint density at radius 3 is 2.26 bits per heavy atom. The van der Waals surface area contributed by atoms with E-state index in [0.29, 0.717) is 5.56 Å². The second-order valence-electron chi connectivity index (χ2n) is 6.36. The van der Waals surface area contributed by atoms with Crippen LogP contribution in [0.3, 0.4) is 0 Å². The topological polar surface area (TPSA) is 82.2 Å². The summed E-state index contributed by atoms with van der Waals surface area (Å²) in [5.41, 5.74) is 0.882. The molecule has 0 N–H and O–H groups in total. The third kappa shape index (κ3) is 3.91. The molecule has 0 saturated heterocycles. The third-order valence-corrected chi connectivity index (χ3v) is 3.57. The van der Waals surface area contributed by atoms with Crippen molar-refractivity contribution in [2.24, 2.45) is 0 Å². The molecule has 120 valence electrons. The maximum Gasteiger partial charge on any atom is 0.285 e. The zero-order chi connectivity index (χ0) is 17.2. The van der Waals surface area contributed by atoms with Gasteiger partial charge in [0.2, 0.25) is 0 Å². The average molecular weight is 314 g/mol. The van der Waals surface area contributed by atoms with Crippen LogP contribution >= 0.6 is 0 Å². The first-order valence-electron chi connectivity index (χ1n) is 7.17. The fourth-order valence-electron chi connectivity index (χ4n) is 2.15. The lowest BCUT2D eigenvalue weighted by atomic mass is 9.86. The summed E-state index contributed by atoms with van der Waals surface area (Å²) in [4.78, 5) is 34.2. The standard InChI is InChI=1S/C17H18N2O4/c1-17(2,3)13-6-4-12(5-7-13)15(20)11-18-10-14(19(22)23)8-9-16(18)21/h4-10H,11H2,1-3H3. The number of carbonyl (C=O) groups excluding carboxylic acids is 1. The van der Waals surface area contributed by atoms with E-state index in [-0.39, 0.29) is 23.4 Å². The lowest BCUT2D eigenvalue weighted by Crippen LogP contribution is -2.23. The molecule has 0 atom stereocenters. The van der Waals surface area contributed by atoms with Gasteiger partial charge < -0.3 is 4.57 Å². The highest BCUT2D eigenvalue weighted by molar-refractivity contribution is 5.95. The molecule has 0 unspecified atom stereocenters. The van der Waals surface area contributed by atoms with E-state index < -0.39 is 10.5 Å². The smallest absolute Gasteiger partial charge is 0.285 e. The van der Waals surface area contributed by atoms with Crippen molar-refractivity contribution in [3.63, 3.8) is 0 Å². The minimum Gasteiger partial charge on any atom is -0.301 e. The van der Waals surface area contributed by atoms with Gasteiger partial charge in [-0.15, -0.1) is 0 Å². The normalized spacial score (nSPS) is 11.3. The fraction of sp³-hybridized carbons (Fsp3) is 0.294. The lowest BCUT2D eigenvalue weighted by Gasteiger charge is -2.19. The van der Waals surface area contributed by atoms with Crippen LogP contribution in [0.2, 0.25) is 0 Å². The summed E-state index contributed by atoms with van der Waals surface area (Å²) in [6.07, 6.45) is 1.09. The van der Waals surface area contributed by atoms with Crippen LogP contribution in [-0.4, -0.2) is 15.3 Å². The van der Waals surface area contributed by atoms with Gasteiger partial charge in [-0.2, -0.15) is 0 Å². The Morgan fingerprint density at radius 1 is 1.13 bits per heavy atom. The van der Waals surface area contributed by atoms with Crippen molar-refractivity contribution >= 4 is 11.5 Å². The first-order chi connectivity index (χ1) is 10.7. The summed E-state index contributed by atoms with van der Waals surface area (Å²) in [5.74, 6) is -0.270. The molecule has 2 aromatic rings. The predicted molar refractivity (Wildman–Crippen MR) is 86.8 cm³/mol. The molecule has 0 aliphatic carbocycles. The van der Waals surface area contributed by atoms with Crippen molar-refractivity contribution in [1.82, 2.24) is 4.57 Å². The number of aromatic nitrogens is 1. The van der Waals surface area contributed by atoms with Crippen molar-refractivity contribution in [2.45, 2.75) is 32.7 Å². The number of nitro groups is 1. The number of rotatable bonds is 4. The summed E-state index contributed by atoms with van der Waals surface area (Å²) >= 11 is 0. The second-order valence-corrected chi connectivity index (χ2v) is 6.36. The van der Waals surface area contributed by atoms with Gasteiger partial charge in [-0.05, 0) is 11.0 Å². The van der Waals surface area contributed by atoms with Crippen LogP contribution in [-0.2, 0) is 12.0 Å². The third-order valence-electron chi connectivity index (χ3n) is 3.57. The molecule has 6 nitrogen and oxygen atoms in total. The van der Waals surface area contributed by atoms with Crippen LogP contribution in [0.4, 0.5) is 5.69 Å². The molecule has 1 aromatic heterocycles. The molecule has 0 aliphatic heterocycles. The van der Waals surface area contributed by atoms with Gasteiger partial charge in [-0.1, -0.05) is 45.0 Å². The molecule has 6 heteroatoms. The molecule has 0 spiro atoms. The maximum atomic E-state index is 12.3. The Labute approximate surface area is 133 Å². The van der Waals surface area contributed by atoms with Crippen molar-refractivity contribution in [2.75, 3.05) is 0 Å². The van der Waals surface area contributed by atoms with Crippen molar-refractivity contribution in [3.8, 4) is 0 Å². The van der Waals surface area contributed by atoms with Crippen molar-refractivity contribution in [1.29, 1.82) is 0 Å². The second kappa shape index (κ2) is 6.16. The summed E-state index contributed by atoms with van der Waals surface area (Å²) in [6, 6.07) is 9.40. The number of pyridine rings is 1. The first kappa shape index (κ1) is 16.6. The number of hydrogen-bond acceptors (Lipinski definition) is 4. The van der Waals surface area contributed by atoms with Crippen LogP contribution in [0.15, 0.2) is 47.4 Å². The number of ketones is 1. The van der Waals surface area contributed by atoms with Gasteiger partial charge in [-0.3, -0.25) is 19.7 Å². The van der Waals surface area contributed by atoms with Gasteiger partial charge in [0.25, 0.3) is 11.2 Å². The summed E-state index contributed by atoms with van der Waals surface area (Å²) in [6.45, 7) is 6.00. The molecular formula is C17H18N2O4. The van der Waals surface area contributed by atoms with Crippen LogP contribution in [0.25, 0.3) is 0 Å². The summed E-state index contributed by atoms with van der Waals surface area (Å²) in [5, 5.41) is 10.8. The van der Waals surface area contributed by atoms with Crippen molar-refractivity contribution < 1.29 is 9.72 Å². The van der Waals surface area contributed by atoms with E-state index >= 15 is 0 Å². The SMILES string of the molecule is CC(C)(C)c1ccc(C(=O)Cn2cc([N+](=O)[O-])ccc2=O)cc1. The maximum absolute atomic E-state index is 12.3. The Bertz CT molecular complexity index is 799. The van der Waals surface area contributed by atoms with E-state index in [9.17, 15) is 19.7 Å². The van der Waals surface area contributed by atoms with E-state index in [1.807, 2.05) is 12.1 Å². The van der Waals surface area contributed by atoms with Gasteiger partial charge in [-0.25, -0.2) is 0 Å². The number of benzene rings is 1. The van der Waals surface area contributed by atoms with Gasteiger partial charge in [0.1, 0.15) is 0 Å². The van der Waals surface area contributed by atoms with Crippen LogP contribution < -0.4 is 5.56 Å². The number of carbonyl (C=O) groups is 1. The van der Waals surface area contributed by atoms with Gasteiger partial charge in [0, 0.05) is 17.7 Å². The zero-order valence-electron chi connectivity index (χ0n) is 13.3. The molecule has 0 saturated carbocycles.